The lowest BCUT2D eigenvalue weighted by Gasteiger charge is -2.17. The normalized spacial score (nSPS) is 11.0. The van der Waals surface area contributed by atoms with E-state index in [1.165, 1.54) is 12.0 Å². The Bertz CT molecular complexity index is 578. The van der Waals surface area contributed by atoms with Gasteiger partial charge in [-0.1, -0.05) is 18.5 Å². The Kier molecular flexibility index (Phi) is 5.23. The highest BCUT2D eigenvalue weighted by Crippen LogP contribution is 2.23. The van der Waals surface area contributed by atoms with E-state index in [-0.39, 0.29) is 5.76 Å². The molecule has 0 unspecified atom stereocenters. The average Bonchev–Trinajstić information content (AvgIpc) is 3.06. The number of hydrogen-bond acceptors (Lipinski definition) is 5. The van der Waals surface area contributed by atoms with Gasteiger partial charge in [0.25, 0.3) is 0 Å². The van der Waals surface area contributed by atoms with E-state index in [1.807, 2.05) is 12.1 Å². The minimum atomic E-state index is -0.454. The van der Waals surface area contributed by atoms with Gasteiger partial charge in [-0.15, -0.1) is 11.3 Å². The van der Waals surface area contributed by atoms with Crippen molar-refractivity contribution in [2.24, 2.45) is 0 Å². The van der Waals surface area contributed by atoms with Crippen molar-refractivity contribution in [1.82, 2.24) is 4.90 Å². The first kappa shape index (κ1) is 15.1. The quantitative estimate of drug-likeness (QED) is 0.761. The first-order valence-corrected chi connectivity index (χ1v) is 7.45. The molecule has 0 bridgehead atoms. The number of methoxy groups -OCH3 is 1. The van der Waals surface area contributed by atoms with E-state index in [1.54, 1.807) is 23.5 Å². The third kappa shape index (κ3) is 3.85. The molecule has 0 N–H and O–H groups in total. The highest BCUT2D eigenvalue weighted by molar-refractivity contribution is 7.16. The van der Waals surface area contributed by atoms with Crippen LogP contribution in [0.3, 0.4) is 0 Å². The maximum atomic E-state index is 11.3. The van der Waals surface area contributed by atoms with Gasteiger partial charge in [0, 0.05) is 11.4 Å². The highest BCUT2D eigenvalue weighted by Gasteiger charge is 2.13. The molecule has 6 heteroatoms. The SMILES string of the molecule is CCN(Cc1ccc(C(=O)OC)o1)Cc1ccc(Cl)s1. The van der Waals surface area contributed by atoms with Gasteiger partial charge >= 0.3 is 5.97 Å². The third-order valence-electron chi connectivity index (χ3n) is 2.88. The summed E-state index contributed by atoms with van der Waals surface area (Å²) in [7, 11) is 1.34. The second-order valence-electron chi connectivity index (χ2n) is 4.27. The van der Waals surface area contributed by atoms with Crippen molar-refractivity contribution in [2.75, 3.05) is 13.7 Å². The fourth-order valence-corrected chi connectivity index (χ4v) is 2.96. The predicted octanol–water partition coefficient (Wildman–Crippen LogP) is 3.80. The number of esters is 1. The summed E-state index contributed by atoms with van der Waals surface area (Å²) in [5.74, 6) is 0.525. The molecular weight excluding hydrogens is 298 g/mol. The zero-order chi connectivity index (χ0) is 14.5. The number of rotatable bonds is 6. The standard InChI is InChI=1S/C14H16ClNO3S/c1-3-16(9-11-5-7-13(15)20-11)8-10-4-6-12(19-10)14(17)18-2/h4-7H,3,8-9H2,1-2H3. The Balaban J connectivity index is 1.99. The first-order valence-electron chi connectivity index (χ1n) is 6.26. The van der Waals surface area contributed by atoms with Gasteiger partial charge in [0.1, 0.15) is 5.76 Å². The van der Waals surface area contributed by atoms with Gasteiger partial charge in [-0.25, -0.2) is 4.79 Å². The number of hydrogen-bond donors (Lipinski definition) is 0. The third-order valence-corrected chi connectivity index (χ3v) is 4.10. The Morgan fingerprint density at radius 1 is 1.35 bits per heavy atom. The molecule has 0 atom stereocenters. The second-order valence-corrected chi connectivity index (χ2v) is 6.07. The highest BCUT2D eigenvalue weighted by atomic mass is 35.5. The smallest absolute Gasteiger partial charge is 0.373 e. The van der Waals surface area contributed by atoms with Crippen molar-refractivity contribution in [1.29, 1.82) is 0 Å². The van der Waals surface area contributed by atoms with Gasteiger partial charge < -0.3 is 9.15 Å². The van der Waals surface area contributed by atoms with Crippen LogP contribution in [-0.2, 0) is 17.8 Å². The van der Waals surface area contributed by atoms with E-state index >= 15 is 0 Å². The van der Waals surface area contributed by atoms with E-state index in [0.717, 1.165) is 23.2 Å². The predicted molar refractivity (Wildman–Crippen MR) is 79.2 cm³/mol. The van der Waals surface area contributed by atoms with Crippen molar-refractivity contribution in [3.05, 3.63) is 45.0 Å². The zero-order valence-corrected chi connectivity index (χ0v) is 13.0. The van der Waals surface area contributed by atoms with Crippen LogP contribution in [0, 0.1) is 0 Å². The summed E-state index contributed by atoms with van der Waals surface area (Å²) >= 11 is 7.51. The number of nitrogens with zero attached hydrogens (tertiary/aromatic N) is 1. The fourth-order valence-electron chi connectivity index (χ4n) is 1.83. The van der Waals surface area contributed by atoms with E-state index in [4.69, 9.17) is 16.0 Å². The minimum absolute atomic E-state index is 0.234. The Morgan fingerprint density at radius 3 is 2.75 bits per heavy atom. The van der Waals surface area contributed by atoms with Crippen LogP contribution < -0.4 is 0 Å². The largest absolute Gasteiger partial charge is 0.463 e. The summed E-state index contributed by atoms with van der Waals surface area (Å²) in [6, 6.07) is 7.36. The molecule has 0 radical (unpaired) electrons. The van der Waals surface area contributed by atoms with Crippen LogP contribution in [0.15, 0.2) is 28.7 Å². The molecule has 2 rings (SSSR count). The molecule has 20 heavy (non-hydrogen) atoms. The molecule has 0 aliphatic heterocycles. The van der Waals surface area contributed by atoms with Crippen molar-refractivity contribution in [3.8, 4) is 0 Å². The average molecular weight is 314 g/mol. The molecule has 0 aliphatic rings. The van der Waals surface area contributed by atoms with Gasteiger partial charge in [0.05, 0.1) is 18.0 Å². The second kappa shape index (κ2) is 6.92. The lowest BCUT2D eigenvalue weighted by molar-refractivity contribution is 0.0561. The number of furan rings is 1. The number of carbonyl (C=O) groups is 1. The van der Waals surface area contributed by atoms with Gasteiger partial charge in [-0.3, -0.25) is 4.90 Å². The lowest BCUT2D eigenvalue weighted by Crippen LogP contribution is -2.21. The van der Waals surface area contributed by atoms with Crippen LogP contribution in [0.1, 0.15) is 28.1 Å². The van der Waals surface area contributed by atoms with Gasteiger partial charge in [-0.05, 0) is 30.8 Å². The van der Waals surface area contributed by atoms with Crippen LogP contribution in [0.5, 0.6) is 0 Å². The maximum absolute atomic E-state index is 11.3. The number of ether oxygens (including phenoxy) is 1. The topological polar surface area (TPSA) is 42.7 Å². The van der Waals surface area contributed by atoms with E-state index in [0.29, 0.717) is 6.54 Å². The summed E-state index contributed by atoms with van der Waals surface area (Å²) in [5.41, 5.74) is 0. The van der Waals surface area contributed by atoms with Crippen molar-refractivity contribution in [2.45, 2.75) is 20.0 Å². The van der Waals surface area contributed by atoms with Crippen molar-refractivity contribution in [3.63, 3.8) is 0 Å². The molecule has 0 aliphatic carbocycles. The molecule has 0 saturated carbocycles. The fraction of sp³-hybridized carbons (Fsp3) is 0.357. The van der Waals surface area contributed by atoms with Crippen LogP contribution in [0.4, 0.5) is 0 Å². The molecule has 0 aromatic carbocycles. The zero-order valence-electron chi connectivity index (χ0n) is 11.4. The van der Waals surface area contributed by atoms with Crippen LogP contribution in [0.2, 0.25) is 4.34 Å². The van der Waals surface area contributed by atoms with Crippen LogP contribution in [0.25, 0.3) is 0 Å². The monoisotopic (exact) mass is 313 g/mol. The molecule has 0 saturated heterocycles. The van der Waals surface area contributed by atoms with Gasteiger partial charge in [0.2, 0.25) is 5.76 Å². The van der Waals surface area contributed by atoms with E-state index in [9.17, 15) is 4.79 Å². The Morgan fingerprint density at radius 2 is 2.15 bits per heavy atom. The molecule has 0 fully saturated rings. The van der Waals surface area contributed by atoms with Crippen molar-refractivity contribution >= 4 is 28.9 Å². The van der Waals surface area contributed by atoms with Gasteiger partial charge in [0.15, 0.2) is 0 Å². The van der Waals surface area contributed by atoms with Crippen LogP contribution in [-0.4, -0.2) is 24.5 Å². The molecule has 4 nitrogen and oxygen atoms in total. The van der Waals surface area contributed by atoms with Crippen LogP contribution >= 0.6 is 22.9 Å². The summed E-state index contributed by atoms with van der Waals surface area (Å²) < 4.78 is 10.9. The summed E-state index contributed by atoms with van der Waals surface area (Å²) in [4.78, 5) is 14.7. The lowest BCUT2D eigenvalue weighted by atomic mass is 10.3. The summed E-state index contributed by atoms with van der Waals surface area (Å²) in [5, 5.41) is 0. The van der Waals surface area contributed by atoms with Gasteiger partial charge in [-0.2, -0.15) is 0 Å². The van der Waals surface area contributed by atoms with E-state index in [2.05, 4.69) is 16.6 Å². The molecule has 2 aromatic rings. The molecule has 0 amide bonds. The summed E-state index contributed by atoms with van der Waals surface area (Å²) in [6.45, 7) is 4.41. The minimum Gasteiger partial charge on any atom is -0.463 e. The number of halogens is 1. The van der Waals surface area contributed by atoms with Crippen molar-refractivity contribution < 1.29 is 13.9 Å². The molecule has 108 valence electrons. The summed E-state index contributed by atoms with van der Waals surface area (Å²) in [6.07, 6.45) is 0. The number of carbonyl (C=O) groups excluding carboxylic acids is 1. The Hall–Kier alpha value is -1.30. The Labute approximate surface area is 126 Å². The molecular formula is C14H16ClNO3S. The molecule has 2 aromatic heterocycles. The molecule has 2 heterocycles. The maximum Gasteiger partial charge on any atom is 0.373 e. The molecule has 0 spiro atoms. The number of thiophene rings is 1. The first-order chi connectivity index (χ1) is 9.62. The van der Waals surface area contributed by atoms with E-state index < -0.39 is 5.97 Å².